The van der Waals surface area contributed by atoms with Crippen LogP contribution in [0.3, 0.4) is 0 Å². The quantitative estimate of drug-likeness (QED) is 0.481. The van der Waals surface area contributed by atoms with Gasteiger partial charge in [0.2, 0.25) is 0 Å². The summed E-state index contributed by atoms with van der Waals surface area (Å²) in [6, 6.07) is 8.71. The molecule has 4 nitrogen and oxygen atoms in total. The van der Waals surface area contributed by atoms with E-state index in [1.165, 1.54) is 6.21 Å². The topological polar surface area (TPSA) is 61.7 Å². The number of hydrogen-bond acceptors (Lipinski definition) is 3. The van der Waals surface area contributed by atoms with Crippen molar-refractivity contribution in [3.63, 3.8) is 0 Å². The van der Waals surface area contributed by atoms with Crippen molar-refractivity contribution in [3.05, 3.63) is 60.4 Å². The van der Waals surface area contributed by atoms with E-state index in [1.54, 1.807) is 30.3 Å². The summed E-state index contributed by atoms with van der Waals surface area (Å²) >= 11 is 9.94. The van der Waals surface area contributed by atoms with Crippen LogP contribution in [0.1, 0.15) is 21.5 Å². The van der Waals surface area contributed by atoms with E-state index in [2.05, 4.69) is 58.3 Å². The van der Waals surface area contributed by atoms with Gasteiger partial charge in [-0.15, -0.1) is 0 Å². The lowest BCUT2D eigenvalue weighted by atomic mass is 10.1. The van der Waals surface area contributed by atoms with Crippen molar-refractivity contribution in [2.45, 2.75) is 6.92 Å². The van der Waals surface area contributed by atoms with Gasteiger partial charge in [0.25, 0.3) is 5.91 Å². The highest BCUT2D eigenvalue weighted by molar-refractivity contribution is 9.13. The third kappa shape index (κ3) is 4.18. The Morgan fingerprint density at radius 3 is 2.55 bits per heavy atom. The fraction of sp³-hybridized carbons (Fsp3) is 0.0667. The molecule has 0 saturated carbocycles. The lowest BCUT2D eigenvalue weighted by Crippen LogP contribution is -2.17. The smallest absolute Gasteiger partial charge is 0.271 e. The number of rotatable bonds is 3. The van der Waals surface area contributed by atoms with Crippen molar-refractivity contribution in [2.75, 3.05) is 0 Å². The molecule has 0 saturated heterocycles. The molecule has 0 bridgehead atoms. The SMILES string of the molecule is Cc1cc(Br)c(O)c(/C=N/NC(=O)c2ccc(Br)c(Br)c2)c1. The number of aryl methyl sites for hydroxylation is 1. The van der Waals surface area contributed by atoms with Crippen LogP contribution in [-0.4, -0.2) is 17.2 Å². The van der Waals surface area contributed by atoms with Gasteiger partial charge in [0.15, 0.2) is 0 Å². The largest absolute Gasteiger partial charge is 0.506 e. The number of benzene rings is 2. The number of nitrogens with zero attached hydrogens (tertiary/aromatic N) is 1. The first kappa shape index (κ1) is 17.2. The number of phenolic OH excluding ortho intramolecular Hbond substituents is 1. The number of nitrogens with one attached hydrogen (secondary N) is 1. The average Bonchev–Trinajstić information content (AvgIpc) is 2.46. The first-order valence-corrected chi connectivity index (χ1v) is 8.54. The number of hydrogen-bond donors (Lipinski definition) is 2. The number of halogens is 3. The summed E-state index contributed by atoms with van der Waals surface area (Å²) in [7, 11) is 0. The molecule has 0 fully saturated rings. The van der Waals surface area contributed by atoms with Crippen molar-refractivity contribution in [3.8, 4) is 5.75 Å². The third-order valence-electron chi connectivity index (χ3n) is 2.79. The summed E-state index contributed by atoms with van der Waals surface area (Å²) in [4.78, 5) is 12.0. The second-order valence-corrected chi connectivity index (χ2v) is 7.08. The van der Waals surface area contributed by atoms with Crippen molar-refractivity contribution in [1.29, 1.82) is 0 Å². The molecular formula is C15H11Br3N2O2. The lowest BCUT2D eigenvalue weighted by Gasteiger charge is -2.04. The van der Waals surface area contributed by atoms with Gasteiger partial charge in [0, 0.05) is 20.1 Å². The maximum atomic E-state index is 12.0. The molecule has 114 valence electrons. The minimum Gasteiger partial charge on any atom is -0.506 e. The van der Waals surface area contributed by atoms with Gasteiger partial charge in [-0.1, -0.05) is 0 Å². The maximum absolute atomic E-state index is 12.0. The molecule has 0 aliphatic rings. The molecule has 2 rings (SSSR count). The number of hydrazone groups is 1. The molecule has 0 aromatic heterocycles. The summed E-state index contributed by atoms with van der Waals surface area (Å²) in [5.74, 6) is -0.259. The van der Waals surface area contributed by atoms with Gasteiger partial charge >= 0.3 is 0 Å². The summed E-state index contributed by atoms with van der Waals surface area (Å²) in [6.07, 6.45) is 1.40. The van der Waals surface area contributed by atoms with Crippen LogP contribution < -0.4 is 5.43 Å². The van der Waals surface area contributed by atoms with Gasteiger partial charge in [0.1, 0.15) is 5.75 Å². The molecule has 1 amide bonds. The van der Waals surface area contributed by atoms with Crippen molar-refractivity contribution in [1.82, 2.24) is 5.43 Å². The Kier molecular flexibility index (Phi) is 5.77. The summed E-state index contributed by atoms with van der Waals surface area (Å²) in [5, 5.41) is 13.8. The Bertz CT molecular complexity index is 761. The Hall–Kier alpha value is -1.18. The molecule has 0 unspecified atom stereocenters. The van der Waals surface area contributed by atoms with Crippen molar-refractivity contribution >= 4 is 59.9 Å². The number of aromatic hydroxyl groups is 1. The average molecular weight is 491 g/mol. The second kappa shape index (κ2) is 7.39. The molecule has 0 aliphatic carbocycles. The van der Waals surface area contributed by atoms with E-state index in [-0.39, 0.29) is 11.7 Å². The van der Waals surface area contributed by atoms with Gasteiger partial charge in [-0.25, -0.2) is 5.43 Å². The van der Waals surface area contributed by atoms with E-state index >= 15 is 0 Å². The first-order valence-electron chi connectivity index (χ1n) is 6.16. The first-order chi connectivity index (χ1) is 10.4. The Labute approximate surface area is 153 Å². The third-order valence-corrected chi connectivity index (χ3v) is 5.27. The molecule has 2 aromatic carbocycles. The molecule has 0 atom stereocenters. The van der Waals surface area contributed by atoms with E-state index in [1.807, 2.05) is 6.92 Å². The highest BCUT2D eigenvalue weighted by atomic mass is 79.9. The summed E-state index contributed by atoms with van der Waals surface area (Å²) < 4.78 is 2.23. The summed E-state index contributed by atoms with van der Waals surface area (Å²) in [6.45, 7) is 1.90. The highest BCUT2D eigenvalue weighted by Gasteiger charge is 2.07. The van der Waals surface area contributed by atoms with E-state index in [4.69, 9.17) is 0 Å². The van der Waals surface area contributed by atoms with Crippen LogP contribution in [0.15, 0.2) is 48.9 Å². The molecular weight excluding hydrogens is 480 g/mol. The molecule has 22 heavy (non-hydrogen) atoms. The fourth-order valence-corrected chi connectivity index (χ4v) is 2.94. The van der Waals surface area contributed by atoms with Crippen molar-refractivity contribution in [2.24, 2.45) is 5.10 Å². The number of carbonyl (C=O) groups excluding carboxylic acids is 1. The van der Waals surface area contributed by atoms with Crippen LogP contribution in [0.2, 0.25) is 0 Å². The van der Waals surface area contributed by atoms with Crippen molar-refractivity contribution < 1.29 is 9.90 Å². The van der Waals surface area contributed by atoms with Crippen LogP contribution in [0.5, 0.6) is 5.75 Å². The number of carbonyl (C=O) groups is 1. The van der Waals surface area contributed by atoms with Crippen LogP contribution in [0, 0.1) is 6.92 Å². The second-order valence-electron chi connectivity index (χ2n) is 4.51. The monoisotopic (exact) mass is 488 g/mol. The number of amides is 1. The normalized spacial score (nSPS) is 10.9. The molecule has 2 aromatic rings. The van der Waals surface area contributed by atoms with E-state index in [9.17, 15) is 9.90 Å². The van der Waals surface area contributed by atoms with Gasteiger partial charge < -0.3 is 5.11 Å². The fourth-order valence-electron chi connectivity index (χ4n) is 1.72. The predicted molar refractivity (Wildman–Crippen MR) is 97.4 cm³/mol. The van der Waals surface area contributed by atoms with Crippen LogP contribution in [0.25, 0.3) is 0 Å². The minimum atomic E-state index is -0.337. The van der Waals surface area contributed by atoms with E-state index < -0.39 is 0 Å². The van der Waals surface area contributed by atoms with Gasteiger partial charge in [-0.05, 0) is 90.6 Å². The predicted octanol–water partition coefficient (Wildman–Crippen LogP) is 4.75. The van der Waals surface area contributed by atoms with E-state index in [0.717, 1.165) is 14.5 Å². The lowest BCUT2D eigenvalue weighted by molar-refractivity contribution is 0.0955. The molecule has 7 heteroatoms. The van der Waals surface area contributed by atoms with Gasteiger partial charge in [0.05, 0.1) is 10.7 Å². The zero-order chi connectivity index (χ0) is 16.3. The van der Waals surface area contributed by atoms with Crippen LogP contribution >= 0.6 is 47.8 Å². The van der Waals surface area contributed by atoms with Crippen LogP contribution in [0.4, 0.5) is 0 Å². The molecule has 0 spiro atoms. The minimum absolute atomic E-state index is 0.0787. The Morgan fingerprint density at radius 1 is 1.14 bits per heavy atom. The van der Waals surface area contributed by atoms with E-state index in [0.29, 0.717) is 15.6 Å². The summed E-state index contributed by atoms with van der Waals surface area (Å²) in [5.41, 5.74) is 4.39. The molecule has 0 radical (unpaired) electrons. The van der Waals surface area contributed by atoms with Crippen LogP contribution in [-0.2, 0) is 0 Å². The molecule has 2 N–H and O–H groups in total. The standard InChI is InChI=1S/C15H11Br3N2O2/c1-8-4-10(14(21)13(18)5-8)7-19-20-15(22)9-2-3-11(16)12(17)6-9/h2-7,21H,1H3,(H,20,22)/b19-7+. The zero-order valence-corrected chi connectivity index (χ0v) is 16.2. The zero-order valence-electron chi connectivity index (χ0n) is 11.4. The van der Waals surface area contributed by atoms with Gasteiger partial charge in [-0.2, -0.15) is 5.10 Å². The Morgan fingerprint density at radius 2 is 1.86 bits per heavy atom. The highest BCUT2D eigenvalue weighted by Crippen LogP contribution is 2.28. The molecule has 0 aliphatic heterocycles. The maximum Gasteiger partial charge on any atom is 0.271 e. The Balaban J connectivity index is 2.12. The number of phenols is 1. The molecule has 0 heterocycles. The van der Waals surface area contributed by atoms with Gasteiger partial charge in [-0.3, -0.25) is 4.79 Å².